The van der Waals surface area contributed by atoms with Crippen LogP contribution in [0.25, 0.3) is 21.8 Å². The lowest BCUT2D eigenvalue weighted by molar-refractivity contribution is 1.35. The number of benzene rings is 2. The normalized spacial score (nSPS) is 11.2. The predicted molar refractivity (Wildman–Crippen MR) is 111 cm³/mol. The van der Waals surface area contributed by atoms with Gasteiger partial charge in [0.1, 0.15) is 0 Å². The summed E-state index contributed by atoms with van der Waals surface area (Å²) in [5, 5.41) is 2.33. The van der Waals surface area contributed by atoms with Gasteiger partial charge in [0.15, 0.2) is 0 Å². The fraction of sp³-hybridized carbons (Fsp3) is 0. The Bertz CT molecular complexity index is 968. The van der Waals surface area contributed by atoms with Gasteiger partial charge < -0.3 is 0 Å². The number of pyridine rings is 2. The Balaban J connectivity index is 1.68. The Morgan fingerprint density at radius 1 is 0.625 bits per heavy atom. The number of nitrogens with zero attached hydrogens (tertiary/aromatic N) is 2. The average molecular weight is 478 g/mol. The Hall–Kier alpha value is -1.08. The van der Waals surface area contributed by atoms with Crippen molar-refractivity contribution in [2.45, 2.75) is 9.79 Å². The lowest BCUT2D eigenvalue weighted by atomic mass is 10.2. The lowest BCUT2D eigenvalue weighted by Gasteiger charge is -2.08. The SMILES string of the molecule is Brc1ccc2c(SSc3ccnc4cc(Br)ccc34)ccnc2c1. The maximum Gasteiger partial charge on any atom is 0.0724 e. The maximum atomic E-state index is 4.45. The summed E-state index contributed by atoms with van der Waals surface area (Å²) in [6.07, 6.45) is 3.72. The molecule has 6 heteroatoms. The largest absolute Gasteiger partial charge is 0.256 e. The molecule has 4 aromatic rings. The van der Waals surface area contributed by atoms with Gasteiger partial charge >= 0.3 is 0 Å². The monoisotopic (exact) mass is 476 g/mol. The summed E-state index contributed by atoms with van der Waals surface area (Å²) < 4.78 is 2.09. The fourth-order valence-electron chi connectivity index (χ4n) is 2.43. The number of hydrogen-bond donors (Lipinski definition) is 0. The van der Waals surface area contributed by atoms with E-state index < -0.39 is 0 Å². The van der Waals surface area contributed by atoms with E-state index in [-0.39, 0.29) is 0 Å². The highest BCUT2D eigenvalue weighted by Gasteiger charge is 2.07. The molecule has 0 aliphatic carbocycles. The zero-order valence-electron chi connectivity index (χ0n) is 12.2. The lowest BCUT2D eigenvalue weighted by Crippen LogP contribution is -1.82. The quantitative estimate of drug-likeness (QED) is 0.293. The third-order valence-corrected chi connectivity index (χ3v) is 7.02. The molecule has 0 atom stereocenters. The van der Waals surface area contributed by atoms with Crippen LogP contribution in [0.4, 0.5) is 0 Å². The Kier molecular flexibility index (Phi) is 4.81. The highest BCUT2D eigenvalue weighted by molar-refractivity contribution is 9.10. The minimum atomic E-state index is 0.999. The summed E-state index contributed by atoms with van der Waals surface area (Å²) in [5.74, 6) is 0. The van der Waals surface area contributed by atoms with Crippen LogP contribution in [0.15, 0.2) is 79.7 Å². The maximum absolute atomic E-state index is 4.45. The van der Waals surface area contributed by atoms with E-state index in [0.29, 0.717) is 0 Å². The fourth-order valence-corrected chi connectivity index (χ4v) is 5.47. The van der Waals surface area contributed by atoms with E-state index in [1.54, 1.807) is 21.6 Å². The number of halogens is 2. The molecular formula is C18H10Br2N2S2. The van der Waals surface area contributed by atoms with E-state index in [2.05, 4.69) is 78.2 Å². The van der Waals surface area contributed by atoms with Crippen LogP contribution in [0.1, 0.15) is 0 Å². The van der Waals surface area contributed by atoms with Crippen molar-refractivity contribution in [1.82, 2.24) is 9.97 Å². The molecule has 0 aliphatic rings. The number of rotatable bonds is 3. The van der Waals surface area contributed by atoms with Crippen LogP contribution in [0, 0.1) is 0 Å². The molecule has 0 saturated heterocycles. The van der Waals surface area contributed by atoms with Gasteiger partial charge in [0.05, 0.1) is 11.0 Å². The van der Waals surface area contributed by atoms with E-state index in [9.17, 15) is 0 Å². The van der Waals surface area contributed by atoms with Crippen molar-refractivity contribution in [1.29, 1.82) is 0 Å². The van der Waals surface area contributed by atoms with Crippen LogP contribution < -0.4 is 0 Å². The predicted octanol–water partition coefficient (Wildman–Crippen LogP) is 7.11. The van der Waals surface area contributed by atoms with Gasteiger partial charge in [0, 0.05) is 41.9 Å². The van der Waals surface area contributed by atoms with Gasteiger partial charge in [-0.15, -0.1) is 0 Å². The van der Waals surface area contributed by atoms with Gasteiger partial charge in [0.2, 0.25) is 0 Å². The number of aromatic nitrogens is 2. The van der Waals surface area contributed by atoms with Crippen molar-refractivity contribution in [2.75, 3.05) is 0 Å². The Morgan fingerprint density at radius 2 is 1.08 bits per heavy atom. The zero-order valence-corrected chi connectivity index (χ0v) is 17.0. The zero-order chi connectivity index (χ0) is 16.5. The molecule has 4 rings (SSSR count). The van der Waals surface area contributed by atoms with Gasteiger partial charge in [-0.3, -0.25) is 9.97 Å². The van der Waals surface area contributed by atoms with E-state index in [0.717, 1.165) is 20.0 Å². The third kappa shape index (κ3) is 3.33. The summed E-state index contributed by atoms with van der Waals surface area (Å²) in [4.78, 5) is 11.3. The molecule has 2 nitrogen and oxygen atoms in total. The summed E-state index contributed by atoms with van der Waals surface area (Å²) >= 11 is 7.01. The first-order valence-corrected chi connectivity index (χ1v) is 10.9. The second kappa shape index (κ2) is 7.04. The molecule has 0 saturated carbocycles. The van der Waals surface area contributed by atoms with E-state index >= 15 is 0 Å². The Labute approximate surface area is 164 Å². The van der Waals surface area contributed by atoms with Gasteiger partial charge in [-0.1, -0.05) is 65.6 Å². The van der Waals surface area contributed by atoms with Crippen LogP contribution in [0.2, 0.25) is 0 Å². The molecule has 0 N–H and O–H groups in total. The first-order chi connectivity index (χ1) is 11.7. The smallest absolute Gasteiger partial charge is 0.0724 e. The van der Waals surface area contributed by atoms with Crippen LogP contribution in [0.5, 0.6) is 0 Å². The minimum absolute atomic E-state index is 0.999. The molecule has 0 fully saturated rings. The first kappa shape index (κ1) is 16.4. The van der Waals surface area contributed by atoms with Crippen LogP contribution in [-0.2, 0) is 0 Å². The van der Waals surface area contributed by atoms with Crippen molar-refractivity contribution < 1.29 is 0 Å². The molecule has 0 radical (unpaired) electrons. The van der Waals surface area contributed by atoms with E-state index in [1.807, 2.05) is 24.5 Å². The second-order valence-electron chi connectivity index (χ2n) is 5.11. The molecule has 118 valence electrons. The van der Waals surface area contributed by atoms with E-state index in [4.69, 9.17) is 0 Å². The highest BCUT2D eigenvalue weighted by Crippen LogP contribution is 2.42. The van der Waals surface area contributed by atoms with Crippen molar-refractivity contribution in [2.24, 2.45) is 0 Å². The van der Waals surface area contributed by atoms with Gasteiger partial charge in [-0.25, -0.2) is 0 Å². The molecule has 0 spiro atoms. The van der Waals surface area contributed by atoms with Crippen molar-refractivity contribution >= 4 is 75.3 Å². The minimum Gasteiger partial charge on any atom is -0.256 e. The molecule has 0 amide bonds. The summed E-state index contributed by atoms with van der Waals surface area (Å²) in [7, 11) is 3.50. The van der Waals surface area contributed by atoms with Crippen LogP contribution in [0.3, 0.4) is 0 Å². The molecular weight excluding hydrogens is 468 g/mol. The molecule has 0 unspecified atom stereocenters. The highest BCUT2D eigenvalue weighted by atomic mass is 79.9. The van der Waals surface area contributed by atoms with E-state index in [1.165, 1.54) is 20.6 Å². The van der Waals surface area contributed by atoms with Crippen molar-refractivity contribution in [3.63, 3.8) is 0 Å². The van der Waals surface area contributed by atoms with Gasteiger partial charge in [-0.05, 0) is 36.4 Å². The third-order valence-electron chi connectivity index (χ3n) is 3.55. The number of fused-ring (bicyclic) bond motifs is 2. The summed E-state index contributed by atoms with van der Waals surface area (Å²) in [6.45, 7) is 0. The number of hydrogen-bond acceptors (Lipinski definition) is 4. The second-order valence-corrected chi connectivity index (χ2v) is 9.15. The molecule has 2 aromatic heterocycles. The molecule has 2 aromatic carbocycles. The van der Waals surface area contributed by atoms with Crippen LogP contribution >= 0.6 is 53.4 Å². The summed E-state index contributed by atoms with van der Waals surface area (Å²) in [5.41, 5.74) is 2.00. The first-order valence-electron chi connectivity index (χ1n) is 7.14. The molecule has 0 bridgehead atoms. The topological polar surface area (TPSA) is 25.8 Å². The van der Waals surface area contributed by atoms with Gasteiger partial charge in [-0.2, -0.15) is 0 Å². The average Bonchev–Trinajstić information content (AvgIpc) is 2.59. The molecule has 0 aliphatic heterocycles. The van der Waals surface area contributed by atoms with Crippen molar-refractivity contribution in [3.05, 3.63) is 69.9 Å². The van der Waals surface area contributed by atoms with Gasteiger partial charge in [0.25, 0.3) is 0 Å². The summed E-state index contributed by atoms with van der Waals surface area (Å²) in [6, 6.07) is 16.5. The van der Waals surface area contributed by atoms with Crippen LogP contribution in [-0.4, -0.2) is 9.97 Å². The Morgan fingerprint density at radius 3 is 1.54 bits per heavy atom. The standard InChI is InChI=1S/C18H10Br2N2S2/c19-11-1-3-13-15(9-11)21-7-5-17(13)23-24-18-6-8-22-16-10-12(20)2-4-14(16)18/h1-10H. The molecule has 24 heavy (non-hydrogen) atoms. The molecule has 2 heterocycles. The van der Waals surface area contributed by atoms with Crippen molar-refractivity contribution in [3.8, 4) is 0 Å².